The molecule has 21 heavy (non-hydrogen) atoms. The molecule has 0 aromatic heterocycles. The fourth-order valence-corrected chi connectivity index (χ4v) is 2.23. The van der Waals surface area contributed by atoms with E-state index in [9.17, 15) is 5.11 Å². The van der Waals surface area contributed by atoms with Crippen molar-refractivity contribution in [3.05, 3.63) is 65.7 Å². The van der Waals surface area contributed by atoms with Gasteiger partial charge in [0.1, 0.15) is 18.0 Å². The van der Waals surface area contributed by atoms with Crippen molar-refractivity contribution in [1.29, 1.82) is 0 Å². The van der Waals surface area contributed by atoms with E-state index in [2.05, 4.69) is 32.9 Å². The highest BCUT2D eigenvalue weighted by Gasteiger charge is 2.18. The van der Waals surface area contributed by atoms with Gasteiger partial charge >= 0.3 is 0 Å². The van der Waals surface area contributed by atoms with Crippen LogP contribution in [0.3, 0.4) is 0 Å². The molecule has 0 bridgehead atoms. The van der Waals surface area contributed by atoms with Gasteiger partial charge in [-0.2, -0.15) is 0 Å². The molecule has 1 N–H and O–H groups in total. The van der Waals surface area contributed by atoms with Crippen LogP contribution in [-0.2, 0) is 5.41 Å². The Kier molecular flexibility index (Phi) is 4.69. The van der Waals surface area contributed by atoms with Gasteiger partial charge in [-0.15, -0.1) is 0 Å². The Labute approximate surface area is 127 Å². The number of benzene rings is 2. The highest BCUT2D eigenvalue weighted by molar-refractivity contribution is 5.31. The van der Waals surface area contributed by atoms with E-state index in [1.165, 1.54) is 5.56 Å². The first kappa shape index (κ1) is 15.6. The second kappa shape index (κ2) is 6.31. The van der Waals surface area contributed by atoms with E-state index < -0.39 is 6.10 Å². The third-order valence-corrected chi connectivity index (χ3v) is 3.63. The monoisotopic (exact) mass is 284 g/mol. The van der Waals surface area contributed by atoms with Gasteiger partial charge < -0.3 is 9.84 Å². The molecule has 2 atom stereocenters. The standard InChI is InChI=1S/C19H24O2/c1-14(18(20)15-8-6-5-7-9-15)21-17-12-10-16(11-13-17)19(2,3)4/h5-14,18,20H,1-4H3. The summed E-state index contributed by atoms with van der Waals surface area (Å²) in [5.74, 6) is 0.783. The summed E-state index contributed by atoms with van der Waals surface area (Å²) in [6, 6.07) is 17.7. The van der Waals surface area contributed by atoms with Crippen molar-refractivity contribution in [1.82, 2.24) is 0 Å². The number of aliphatic hydroxyl groups excluding tert-OH is 1. The summed E-state index contributed by atoms with van der Waals surface area (Å²) in [4.78, 5) is 0. The van der Waals surface area contributed by atoms with E-state index in [1.807, 2.05) is 49.4 Å². The van der Waals surface area contributed by atoms with Crippen LogP contribution in [0.5, 0.6) is 5.75 Å². The van der Waals surface area contributed by atoms with Gasteiger partial charge in [-0.05, 0) is 35.6 Å². The van der Waals surface area contributed by atoms with Crippen LogP contribution >= 0.6 is 0 Å². The molecule has 0 aliphatic carbocycles. The van der Waals surface area contributed by atoms with E-state index in [4.69, 9.17) is 4.74 Å². The predicted molar refractivity (Wildman–Crippen MR) is 86.6 cm³/mol. The lowest BCUT2D eigenvalue weighted by Gasteiger charge is -2.22. The van der Waals surface area contributed by atoms with Gasteiger partial charge in [0.05, 0.1) is 0 Å². The minimum atomic E-state index is -0.631. The van der Waals surface area contributed by atoms with Gasteiger partial charge in [0.15, 0.2) is 0 Å². The van der Waals surface area contributed by atoms with Crippen molar-refractivity contribution in [2.45, 2.75) is 45.3 Å². The van der Waals surface area contributed by atoms with Crippen LogP contribution in [0.4, 0.5) is 0 Å². The third kappa shape index (κ3) is 4.08. The van der Waals surface area contributed by atoms with Crippen molar-refractivity contribution < 1.29 is 9.84 Å². The Hall–Kier alpha value is -1.80. The Morgan fingerprint density at radius 2 is 1.48 bits per heavy atom. The fourth-order valence-electron chi connectivity index (χ4n) is 2.23. The maximum atomic E-state index is 10.3. The summed E-state index contributed by atoms with van der Waals surface area (Å²) in [5.41, 5.74) is 2.27. The summed E-state index contributed by atoms with van der Waals surface area (Å²) in [5, 5.41) is 10.3. The van der Waals surface area contributed by atoms with Gasteiger partial charge in [0.2, 0.25) is 0 Å². The molecule has 0 saturated carbocycles. The Balaban J connectivity index is 2.04. The molecule has 0 spiro atoms. The first-order valence-electron chi connectivity index (χ1n) is 7.38. The minimum Gasteiger partial charge on any atom is -0.488 e. The summed E-state index contributed by atoms with van der Waals surface area (Å²) in [6.07, 6.45) is -0.929. The molecule has 2 nitrogen and oxygen atoms in total. The van der Waals surface area contributed by atoms with E-state index in [0.29, 0.717) is 0 Å². The molecule has 0 heterocycles. The summed E-state index contributed by atoms with van der Waals surface area (Å²) < 4.78 is 5.85. The minimum absolute atomic E-state index is 0.133. The second-order valence-corrected chi connectivity index (χ2v) is 6.45. The van der Waals surface area contributed by atoms with Gasteiger partial charge in [-0.1, -0.05) is 63.2 Å². The molecule has 112 valence electrons. The van der Waals surface area contributed by atoms with Crippen LogP contribution in [0.25, 0.3) is 0 Å². The van der Waals surface area contributed by atoms with Crippen LogP contribution in [0.2, 0.25) is 0 Å². The lowest BCUT2D eigenvalue weighted by atomic mass is 9.87. The van der Waals surface area contributed by atoms with Crippen LogP contribution in [-0.4, -0.2) is 11.2 Å². The van der Waals surface area contributed by atoms with Crippen molar-refractivity contribution in [3.63, 3.8) is 0 Å². The normalized spacial score (nSPS) is 14.5. The summed E-state index contributed by atoms with van der Waals surface area (Å²) in [7, 11) is 0. The van der Waals surface area contributed by atoms with Crippen molar-refractivity contribution >= 4 is 0 Å². The highest BCUT2D eigenvalue weighted by Crippen LogP contribution is 2.26. The second-order valence-electron chi connectivity index (χ2n) is 6.45. The first-order chi connectivity index (χ1) is 9.88. The Morgan fingerprint density at radius 3 is 2.00 bits per heavy atom. The average molecular weight is 284 g/mol. The van der Waals surface area contributed by atoms with Gasteiger partial charge in [0.25, 0.3) is 0 Å². The van der Waals surface area contributed by atoms with Gasteiger partial charge in [-0.3, -0.25) is 0 Å². The number of hydrogen-bond acceptors (Lipinski definition) is 2. The quantitative estimate of drug-likeness (QED) is 0.896. The molecule has 2 heteroatoms. The first-order valence-corrected chi connectivity index (χ1v) is 7.38. The predicted octanol–water partition coefficient (Wildman–Crippen LogP) is 4.49. The van der Waals surface area contributed by atoms with Crippen molar-refractivity contribution in [2.24, 2.45) is 0 Å². The van der Waals surface area contributed by atoms with Crippen LogP contribution in [0.1, 0.15) is 44.9 Å². The number of aliphatic hydroxyl groups is 1. The average Bonchev–Trinajstić information content (AvgIpc) is 2.47. The summed E-state index contributed by atoms with van der Waals surface area (Å²) >= 11 is 0. The maximum Gasteiger partial charge on any atom is 0.126 e. The molecule has 0 amide bonds. The van der Waals surface area contributed by atoms with Gasteiger partial charge in [-0.25, -0.2) is 0 Å². The maximum absolute atomic E-state index is 10.3. The van der Waals surface area contributed by atoms with Crippen molar-refractivity contribution in [3.8, 4) is 5.75 Å². The largest absolute Gasteiger partial charge is 0.488 e. The lowest BCUT2D eigenvalue weighted by Crippen LogP contribution is -2.21. The number of ether oxygens (including phenoxy) is 1. The molecule has 2 rings (SSSR count). The Morgan fingerprint density at radius 1 is 0.905 bits per heavy atom. The lowest BCUT2D eigenvalue weighted by molar-refractivity contribution is 0.0467. The van der Waals surface area contributed by atoms with Gasteiger partial charge in [0, 0.05) is 0 Å². The smallest absolute Gasteiger partial charge is 0.126 e. The molecule has 0 fully saturated rings. The van der Waals surface area contributed by atoms with E-state index in [-0.39, 0.29) is 11.5 Å². The molecule has 0 aliphatic heterocycles. The number of rotatable bonds is 4. The fraction of sp³-hybridized carbons (Fsp3) is 0.368. The van der Waals surface area contributed by atoms with E-state index >= 15 is 0 Å². The molecular formula is C19H24O2. The number of hydrogen-bond donors (Lipinski definition) is 1. The van der Waals surface area contributed by atoms with Crippen LogP contribution in [0, 0.1) is 0 Å². The molecule has 2 unspecified atom stereocenters. The zero-order valence-corrected chi connectivity index (χ0v) is 13.2. The zero-order chi connectivity index (χ0) is 15.5. The zero-order valence-electron chi connectivity index (χ0n) is 13.2. The van der Waals surface area contributed by atoms with E-state index in [0.717, 1.165) is 11.3 Å². The molecule has 2 aromatic rings. The Bertz CT molecular complexity index is 552. The third-order valence-electron chi connectivity index (χ3n) is 3.63. The molecule has 2 aromatic carbocycles. The van der Waals surface area contributed by atoms with Crippen LogP contribution in [0.15, 0.2) is 54.6 Å². The van der Waals surface area contributed by atoms with E-state index in [1.54, 1.807) is 0 Å². The molecule has 0 radical (unpaired) electrons. The SMILES string of the molecule is CC(Oc1ccc(C(C)(C)C)cc1)C(O)c1ccccc1. The summed E-state index contributed by atoms with van der Waals surface area (Å²) in [6.45, 7) is 8.44. The molecular weight excluding hydrogens is 260 g/mol. The molecule has 0 saturated heterocycles. The molecule has 0 aliphatic rings. The van der Waals surface area contributed by atoms with Crippen molar-refractivity contribution in [2.75, 3.05) is 0 Å². The topological polar surface area (TPSA) is 29.5 Å². The highest BCUT2D eigenvalue weighted by atomic mass is 16.5. The van der Waals surface area contributed by atoms with Crippen LogP contribution < -0.4 is 4.74 Å².